The van der Waals surface area contributed by atoms with Crippen LogP contribution in [0.3, 0.4) is 0 Å². The Morgan fingerprint density at radius 2 is 1.00 bits per heavy atom. The van der Waals surface area contributed by atoms with Crippen LogP contribution in [0.25, 0.3) is 0 Å². The van der Waals surface area contributed by atoms with Crippen LogP contribution in [-0.4, -0.2) is 22.3 Å². The molecule has 0 saturated carbocycles. The van der Waals surface area contributed by atoms with E-state index < -0.39 is 5.97 Å². The fourth-order valence-electron chi connectivity index (χ4n) is 3.16. The molecule has 24 heavy (non-hydrogen) atoms. The van der Waals surface area contributed by atoms with E-state index in [2.05, 4.69) is 0 Å². The van der Waals surface area contributed by atoms with Gasteiger partial charge in [0, 0.05) is 6.42 Å². The first-order valence-electron chi connectivity index (χ1n) is 10.6. The molecule has 0 radical (unpaired) electrons. The molecule has 1 unspecified atom stereocenters. The fourth-order valence-corrected chi connectivity index (χ4v) is 3.16. The highest BCUT2D eigenvalue weighted by atomic mass is 16.4. The minimum Gasteiger partial charge on any atom is -0.481 e. The number of hydrogen-bond donors (Lipinski definition) is 2. The maximum Gasteiger partial charge on any atom is 0.303 e. The van der Waals surface area contributed by atoms with Crippen LogP contribution in [0.1, 0.15) is 122 Å². The molecule has 3 heteroatoms. The third-order valence-corrected chi connectivity index (χ3v) is 4.90. The van der Waals surface area contributed by atoms with Crippen molar-refractivity contribution in [2.75, 3.05) is 0 Å². The SMILES string of the molecule is CCC(O)CCCCCCCCCCCCCCCCCC(=O)O. The summed E-state index contributed by atoms with van der Waals surface area (Å²) in [7, 11) is 0. The molecule has 0 aromatic rings. The lowest BCUT2D eigenvalue weighted by Crippen LogP contribution is -2.03. The molecule has 3 nitrogen and oxygen atoms in total. The van der Waals surface area contributed by atoms with Crippen molar-refractivity contribution in [3.63, 3.8) is 0 Å². The Labute approximate surface area is 150 Å². The van der Waals surface area contributed by atoms with Crippen molar-refractivity contribution in [1.82, 2.24) is 0 Å². The molecular formula is C21H42O3. The molecule has 0 heterocycles. The molecule has 0 aliphatic rings. The lowest BCUT2D eigenvalue weighted by atomic mass is 10.0. The van der Waals surface area contributed by atoms with E-state index in [4.69, 9.17) is 5.11 Å². The van der Waals surface area contributed by atoms with Gasteiger partial charge in [0.05, 0.1) is 6.10 Å². The molecule has 0 amide bonds. The second kappa shape index (κ2) is 18.8. The molecule has 0 fully saturated rings. The summed E-state index contributed by atoms with van der Waals surface area (Å²) in [6.07, 6.45) is 21.2. The Balaban J connectivity index is 3.01. The zero-order valence-electron chi connectivity index (χ0n) is 16.1. The molecule has 0 bridgehead atoms. The second-order valence-corrected chi connectivity index (χ2v) is 7.30. The fraction of sp³-hybridized carbons (Fsp3) is 0.952. The van der Waals surface area contributed by atoms with Crippen LogP contribution < -0.4 is 0 Å². The van der Waals surface area contributed by atoms with Gasteiger partial charge in [-0.3, -0.25) is 4.79 Å². The van der Waals surface area contributed by atoms with E-state index >= 15 is 0 Å². The smallest absolute Gasteiger partial charge is 0.303 e. The standard InChI is InChI=1S/C21H42O3/c1-2-20(22)18-16-14-12-10-8-6-4-3-5-7-9-11-13-15-17-19-21(23)24/h20,22H,2-19H2,1H3,(H,23,24). The second-order valence-electron chi connectivity index (χ2n) is 7.30. The molecule has 0 aliphatic carbocycles. The first-order valence-corrected chi connectivity index (χ1v) is 10.6. The molecule has 0 spiro atoms. The van der Waals surface area contributed by atoms with Crippen molar-refractivity contribution in [3.05, 3.63) is 0 Å². The Morgan fingerprint density at radius 1 is 0.667 bits per heavy atom. The van der Waals surface area contributed by atoms with Gasteiger partial charge in [0.1, 0.15) is 0 Å². The number of carboxylic acids is 1. The van der Waals surface area contributed by atoms with Crippen LogP contribution in [-0.2, 0) is 4.79 Å². The van der Waals surface area contributed by atoms with Crippen molar-refractivity contribution in [2.24, 2.45) is 0 Å². The Morgan fingerprint density at radius 3 is 1.33 bits per heavy atom. The number of aliphatic hydroxyl groups excluding tert-OH is 1. The summed E-state index contributed by atoms with van der Waals surface area (Å²) in [6.45, 7) is 2.05. The number of rotatable bonds is 19. The van der Waals surface area contributed by atoms with Gasteiger partial charge >= 0.3 is 5.97 Å². The monoisotopic (exact) mass is 342 g/mol. The Hall–Kier alpha value is -0.570. The number of carboxylic acid groups (broad SMARTS) is 1. The van der Waals surface area contributed by atoms with Crippen molar-refractivity contribution in [1.29, 1.82) is 0 Å². The third kappa shape index (κ3) is 19.5. The van der Waals surface area contributed by atoms with E-state index in [0.29, 0.717) is 6.42 Å². The summed E-state index contributed by atoms with van der Waals surface area (Å²) in [6, 6.07) is 0. The lowest BCUT2D eigenvalue weighted by molar-refractivity contribution is -0.137. The summed E-state index contributed by atoms with van der Waals surface area (Å²) in [5.74, 6) is -0.662. The first kappa shape index (κ1) is 23.4. The molecule has 144 valence electrons. The van der Waals surface area contributed by atoms with Gasteiger partial charge in [0.25, 0.3) is 0 Å². The molecule has 0 aromatic carbocycles. The van der Waals surface area contributed by atoms with Gasteiger partial charge in [0.15, 0.2) is 0 Å². The van der Waals surface area contributed by atoms with E-state index in [1.54, 1.807) is 0 Å². The highest BCUT2D eigenvalue weighted by Gasteiger charge is 2.00. The number of unbranched alkanes of at least 4 members (excludes halogenated alkanes) is 14. The van der Waals surface area contributed by atoms with Crippen LogP contribution >= 0.6 is 0 Å². The van der Waals surface area contributed by atoms with Gasteiger partial charge in [0.2, 0.25) is 0 Å². The highest BCUT2D eigenvalue weighted by Crippen LogP contribution is 2.14. The zero-order valence-corrected chi connectivity index (χ0v) is 16.1. The predicted octanol–water partition coefficient (Wildman–Crippen LogP) is 6.47. The number of aliphatic hydroxyl groups is 1. The molecule has 0 aliphatic heterocycles. The molecule has 0 saturated heterocycles. The van der Waals surface area contributed by atoms with E-state index in [-0.39, 0.29) is 6.10 Å². The summed E-state index contributed by atoms with van der Waals surface area (Å²) < 4.78 is 0. The van der Waals surface area contributed by atoms with Gasteiger partial charge in [-0.15, -0.1) is 0 Å². The van der Waals surface area contributed by atoms with Gasteiger partial charge in [-0.1, -0.05) is 96.8 Å². The maximum absolute atomic E-state index is 10.4. The highest BCUT2D eigenvalue weighted by molar-refractivity contribution is 5.66. The van der Waals surface area contributed by atoms with Crippen molar-refractivity contribution in [2.45, 2.75) is 129 Å². The number of carbonyl (C=O) groups is 1. The Kier molecular flexibility index (Phi) is 18.3. The van der Waals surface area contributed by atoms with Gasteiger partial charge in [-0.25, -0.2) is 0 Å². The zero-order chi connectivity index (χ0) is 17.9. The Bertz CT molecular complexity index is 266. The average Bonchev–Trinajstić information content (AvgIpc) is 2.57. The van der Waals surface area contributed by atoms with Crippen molar-refractivity contribution in [3.8, 4) is 0 Å². The summed E-state index contributed by atoms with van der Waals surface area (Å²) in [5.41, 5.74) is 0. The molecule has 0 aromatic heterocycles. The van der Waals surface area contributed by atoms with Gasteiger partial charge in [-0.05, 0) is 19.3 Å². The normalized spacial score (nSPS) is 12.4. The third-order valence-electron chi connectivity index (χ3n) is 4.90. The van der Waals surface area contributed by atoms with Crippen molar-refractivity contribution < 1.29 is 15.0 Å². The topological polar surface area (TPSA) is 57.5 Å². The number of hydrogen-bond acceptors (Lipinski definition) is 2. The van der Waals surface area contributed by atoms with Crippen LogP contribution in [0.5, 0.6) is 0 Å². The average molecular weight is 343 g/mol. The van der Waals surface area contributed by atoms with E-state index in [9.17, 15) is 9.90 Å². The van der Waals surface area contributed by atoms with Crippen LogP contribution in [0.4, 0.5) is 0 Å². The van der Waals surface area contributed by atoms with E-state index in [0.717, 1.165) is 25.7 Å². The minimum absolute atomic E-state index is 0.0743. The molecular weight excluding hydrogens is 300 g/mol. The van der Waals surface area contributed by atoms with Crippen LogP contribution in [0.2, 0.25) is 0 Å². The summed E-state index contributed by atoms with van der Waals surface area (Å²) in [5, 5.41) is 18.0. The van der Waals surface area contributed by atoms with Crippen LogP contribution in [0, 0.1) is 0 Å². The van der Waals surface area contributed by atoms with Crippen molar-refractivity contribution >= 4 is 5.97 Å². The minimum atomic E-state index is -0.662. The summed E-state index contributed by atoms with van der Waals surface area (Å²) in [4.78, 5) is 10.4. The largest absolute Gasteiger partial charge is 0.481 e. The molecule has 1 atom stereocenters. The first-order chi connectivity index (χ1) is 11.7. The van der Waals surface area contributed by atoms with Crippen LogP contribution in [0.15, 0.2) is 0 Å². The van der Waals surface area contributed by atoms with Gasteiger partial charge in [-0.2, -0.15) is 0 Å². The summed E-state index contributed by atoms with van der Waals surface area (Å²) >= 11 is 0. The van der Waals surface area contributed by atoms with E-state index in [1.807, 2.05) is 6.92 Å². The number of aliphatic carboxylic acids is 1. The lowest BCUT2D eigenvalue weighted by Gasteiger charge is -2.06. The molecule has 0 rings (SSSR count). The van der Waals surface area contributed by atoms with Gasteiger partial charge < -0.3 is 10.2 Å². The quantitative estimate of drug-likeness (QED) is 0.264. The predicted molar refractivity (Wildman–Crippen MR) is 102 cm³/mol. The maximum atomic E-state index is 10.4. The van der Waals surface area contributed by atoms with E-state index in [1.165, 1.54) is 83.5 Å². The molecule has 2 N–H and O–H groups in total.